The molecule has 150 valence electrons. The largest absolute Gasteiger partial charge is 0.497 e. The average Bonchev–Trinajstić information content (AvgIpc) is 3.27. The van der Waals surface area contributed by atoms with E-state index in [0.29, 0.717) is 16.6 Å². The number of hydrogen-bond acceptors (Lipinski definition) is 6. The van der Waals surface area contributed by atoms with E-state index in [2.05, 4.69) is 20.8 Å². The molecule has 1 N–H and O–H groups in total. The predicted molar refractivity (Wildman–Crippen MR) is 116 cm³/mol. The summed E-state index contributed by atoms with van der Waals surface area (Å²) in [6.45, 7) is 0. The van der Waals surface area contributed by atoms with Crippen LogP contribution < -0.4 is 10.1 Å². The molecule has 0 aliphatic heterocycles. The second-order valence-electron chi connectivity index (χ2n) is 6.34. The van der Waals surface area contributed by atoms with Crippen molar-refractivity contribution in [3.05, 3.63) is 90.5 Å². The molecule has 4 rings (SSSR count). The summed E-state index contributed by atoms with van der Waals surface area (Å²) in [4.78, 5) is 13.2. The molecule has 0 saturated heterocycles. The van der Waals surface area contributed by atoms with Crippen molar-refractivity contribution in [2.24, 2.45) is 0 Å². The number of ether oxygens (including phenoxy) is 1. The van der Waals surface area contributed by atoms with Gasteiger partial charge in [-0.15, -0.1) is 5.10 Å². The molecule has 0 radical (unpaired) electrons. The molecule has 8 heteroatoms. The van der Waals surface area contributed by atoms with E-state index in [1.165, 1.54) is 11.8 Å². The lowest BCUT2D eigenvalue weighted by atomic mass is 10.1. The molecule has 0 fully saturated rings. The number of carbonyl (C=O) groups excluding carboxylic acids is 1. The maximum Gasteiger partial charge on any atom is 0.242 e. The molecular weight excluding hydrogens is 398 g/mol. The quantitative estimate of drug-likeness (QED) is 0.455. The van der Waals surface area contributed by atoms with Crippen molar-refractivity contribution in [1.82, 2.24) is 20.2 Å². The third kappa shape index (κ3) is 4.49. The standard InChI is InChI=1S/C22H19N5O2S/c1-29-19-14-8-11-17(15-19)23-21(28)20(16-9-4-2-5-10-16)30-22-24-25-26-27(22)18-12-6-3-7-13-18/h2-15,20H,1H3,(H,23,28). The Bertz CT molecular complexity index is 1120. The maximum absolute atomic E-state index is 13.2. The van der Waals surface area contributed by atoms with Crippen molar-refractivity contribution in [2.45, 2.75) is 10.4 Å². The van der Waals surface area contributed by atoms with E-state index in [1.807, 2.05) is 78.9 Å². The fourth-order valence-electron chi connectivity index (χ4n) is 2.90. The molecule has 1 aromatic heterocycles. The van der Waals surface area contributed by atoms with E-state index >= 15 is 0 Å². The molecule has 7 nitrogen and oxygen atoms in total. The summed E-state index contributed by atoms with van der Waals surface area (Å²) in [7, 11) is 1.59. The number of benzene rings is 3. The summed E-state index contributed by atoms with van der Waals surface area (Å²) < 4.78 is 6.87. The first-order valence-electron chi connectivity index (χ1n) is 9.25. The van der Waals surface area contributed by atoms with Crippen LogP contribution in [-0.4, -0.2) is 33.2 Å². The first kappa shape index (κ1) is 19.7. The van der Waals surface area contributed by atoms with Gasteiger partial charge in [-0.3, -0.25) is 4.79 Å². The highest BCUT2D eigenvalue weighted by molar-refractivity contribution is 8.00. The maximum atomic E-state index is 13.2. The van der Waals surface area contributed by atoms with Crippen molar-refractivity contribution >= 4 is 23.4 Å². The van der Waals surface area contributed by atoms with Crippen LogP contribution in [0.5, 0.6) is 5.75 Å². The Balaban J connectivity index is 1.63. The minimum absolute atomic E-state index is 0.179. The van der Waals surface area contributed by atoms with Gasteiger partial charge < -0.3 is 10.1 Å². The van der Waals surface area contributed by atoms with E-state index in [9.17, 15) is 4.79 Å². The van der Waals surface area contributed by atoms with Crippen LogP contribution in [0.2, 0.25) is 0 Å². The summed E-state index contributed by atoms with van der Waals surface area (Å²) in [6, 6.07) is 26.4. The highest BCUT2D eigenvalue weighted by atomic mass is 32.2. The molecule has 3 aromatic carbocycles. The van der Waals surface area contributed by atoms with Gasteiger partial charge in [0.05, 0.1) is 12.8 Å². The molecule has 0 spiro atoms. The number of tetrazole rings is 1. The zero-order valence-electron chi connectivity index (χ0n) is 16.2. The molecule has 0 aliphatic carbocycles. The highest BCUT2D eigenvalue weighted by Gasteiger charge is 2.25. The molecule has 1 heterocycles. The first-order chi connectivity index (χ1) is 14.7. The van der Waals surface area contributed by atoms with E-state index < -0.39 is 5.25 Å². The number of para-hydroxylation sites is 1. The van der Waals surface area contributed by atoms with Crippen LogP contribution in [0.1, 0.15) is 10.8 Å². The van der Waals surface area contributed by atoms with Gasteiger partial charge in [0, 0.05) is 11.8 Å². The second kappa shape index (κ2) is 9.23. The van der Waals surface area contributed by atoms with Crippen LogP contribution in [-0.2, 0) is 4.79 Å². The second-order valence-corrected chi connectivity index (χ2v) is 7.41. The van der Waals surface area contributed by atoms with Gasteiger partial charge in [-0.1, -0.05) is 66.4 Å². The van der Waals surface area contributed by atoms with E-state index in [4.69, 9.17) is 4.74 Å². The summed E-state index contributed by atoms with van der Waals surface area (Å²) >= 11 is 1.29. The number of amides is 1. The smallest absolute Gasteiger partial charge is 0.242 e. The molecule has 1 amide bonds. The summed E-state index contributed by atoms with van der Waals surface area (Å²) in [6.07, 6.45) is 0. The van der Waals surface area contributed by atoms with Crippen LogP contribution in [0.3, 0.4) is 0 Å². The number of nitrogens with zero attached hydrogens (tertiary/aromatic N) is 4. The molecule has 30 heavy (non-hydrogen) atoms. The van der Waals surface area contributed by atoms with E-state index in [1.54, 1.807) is 17.9 Å². The van der Waals surface area contributed by atoms with Crippen LogP contribution >= 0.6 is 11.8 Å². The lowest BCUT2D eigenvalue weighted by molar-refractivity contribution is -0.115. The molecule has 0 bridgehead atoms. The molecule has 1 unspecified atom stereocenters. The average molecular weight is 417 g/mol. The number of thioether (sulfide) groups is 1. The predicted octanol–water partition coefficient (Wildman–Crippen LogP) is 4.14. The number of carbonyl (C=O) groups is 1. The van der Waals surface area contributed by atoms with Gasteiger partial charge >= 0.3 is 0 Å². The summed E-state index contributed by atoms with van der Waals surface area (Å²) in [5.74, 6) is 0.492. The van der Waals surface area contributed by atoms with E-state index in [-0.39, 0.29) is 5.91 Å². The Labute approximate surface area is 178 Å². The van der Waals surface area contributed by atoms with Gasteiger partial charge in [-0.05, 0) is 40.3 Å². The van der Waals surface area contributed by atoms with Gasteiger partial charge in [0.25, 0.3) is 0 Å². The van der Waals surface area contributed by atoms with Crippen LogP contribution in [0.15, 0.2) is 90.1 Å². The molecule has 0 saturated carbocycles. The van der Waals surface area contributed by atoms with Gasteiger partial charge in [0.1, 0.15) is 11.0 Å². The Morgan fingerprint density at radius 2 is 1.73 bits per heavy atom. The molecule has 4 aromatic rings. The number of anilines is 1. The van der Waals surface area contributed by atoms with Crippen molar-refractivity contribution in [2.75, 3.05) is 12.4 Å². The zero-order chi connectivity index (χ0) is 20.8. The van der Waals surface area contributed by atoms with Crippen LogP contribution in [0.25, 0.3) is 5.69 Å². The fraction of sp³-hybridized carbons (Fsp3) is 0.0909. The lowest BCUT2D eigenvalue weighted by Crippen LogP contribution is -2.19. The number of methoxy groups -OCH3 is 1. The van der Waals surface area contributed by atoms with Crippen molar-refractivity contribution < 1.29 is 9.53 Å². The zero-order valence-corrected chi connectivity index (χ0v) is 17.0. The highest BCUT2D eigenvalue weighted by Crippen LogP contribution is 2.35. The van der Waals surface area contributed by atoms with Gasteiger partial charge in [0.15, 0.2) is 0 Å². The molecular formula is C22H19N5O2S. The third-order valence-corrected chi connectivity index (χ3v) is 5.53. The lowest BCUT2D eigenvalue weighted by Gasteiger charge is -2.17. The Morgan fingerprint density at radius 3 is 2.47 bits per heavy atom. The Kier molecular flexibility index (Phi) is 6.05. The van der Waals surface area contributed by atoms with Crippen molar-refractivity contribution in [3.63, 3.8) is 0 Å². The van der Waals surface area contributed by atoms with Gasteiger partial charge in [-0.25, -0.2) is 0 Å². The monoisotopic (exact) mass is 417 g/mol. The van der Waals surface area contributed by atoms with Crippen molar-refractivity contribution in [1.29, 1.82) is 0 Å². The van der Waals surface area contributed by atoms with Crippen LogP contribution in [0.4, 0.5) is 5.69 Å². The summed E-state index contributed by atoms with van der Waals surface area (Å²) in [5.41, 5.74) is 2.33. The third-order valence-electron chi connectivity index (χ3n) is 4.34. The Hall–Kier alpha value is -3.65. The fourth-order valence-corrected chi connectivity index (χ4v) is 3.89. The number of hydrogen-bond donors (Lipinski definition) is 1. The summed E-state index contributed by atoms with van der Waals surface area (Å²) in [5, 5.41) is 15.0. The number of nitrogens with one attached hydrogen (secondary N) is 1. The number of aromatic nitrogens is 4. The topological polar surface area (TPSA) is 81.9 Å². The molecule has 0 aliphatic rings. The minimum atomic E-state index is -0.550. The normalized spacial score (nSPS) is 11.6. The van der Waals surface area contributed by atoms with Gasteiger partial charge in [0.2, 0.25) is 11.1 Å². The van der Waals surface area contributed by atoms with Crippen molar-refractivity contribution in [3.8, 4) is 11.4 Å². The van der Waals surface area contributed by atoms with Gasteiger partial charge in [-0.2, -0.15) is 4.68 Å². The number of rotatable bonds is 7. The van der Waals surface area contributed by atoms with Crippen LogP contribution in [0, 0.1) is 0 Å². The first-order valence-corrected chi connectivity index (χ1v) is 10.1. The van der Waals surface area contributed by atoms with E-state index in [0.717, 1.165) is 11.3 Å². The minimum Gasteiger partial charge on any atom is -0.497 e. The SMILES string of the molecule is COc1cccc(NC(=O)C(Sc2nnnn2-c2ccccc2)c2ccccc2)c1. The molecule has 1 atom stereocenters. The Morgan fingerprint density at radius 1 is 1.00 bits per heavy atom.